The summed E-state index contributed by atoms with van der Waals surface area (Å²) in [5.74, 6) is 0. The molecule has 10 aromatic rings. The highest BCUT2D eigenvalue weighted by atomic mass is 15.2. The first-order valence-corrected chi connectivity index (χ1v) is 20.8. The zero-order valence-electron chi connectivity index (χ0n) is 33.2. The van der Waals surface area contributed by atoms with Gasteiger partial charge in [0.05, 0.1) is 22.5 Å². The van der Waals surface area contributed by atoms with Gasteiger partial charge in [-0.05, 0) is 89.6 Å². The minimum atomic E-state index is -0.526. The fourth-order valence-electron chi connectivity index (χ4n) is 11.1. The molecule has 0 N–H and O–H groups in total. The lowest BCUT2D eigenvalue weighted by Gasteiger charge is -2.35. The molecule has 0 heterocycles. The molecule has 2 aliphatic carbocycles. The third kappa shape index (κ3) is 4.62. The summed E-state index contributed by atoms with van der Waals surface area (Å²) in [6.07, 6.45) is 0. The van der Waals surface area contributed by atoms with Crippen molar-refractivity contribution < 1.29 is 0 Å². The van der Waals surface area contributed by atoms with Crippen LogP contribution >= 0.6 is 0 Å². The average Bonchev–Trinajstić information content (AvgIpc) is 3.74. The van der Waals surface area contributed by atoms with Crippen molar-refractivity contribution in [3.63, 3.8) is 0 Å². The molecule has 278 valence electrons. The van der Waals surface area contributed by atoms with Gasteiger partial charge in [-0.25, -0.2) is 0 Å². The van der Waals surface area contributed by atoms with E-state index in [1.54, 1.807) is 0 Å². The highest BCUT2D eigenvalue weighted by Crippen LogP contribution is 2.62. The summed E-state index contributed by atoms with van der Waals surface area (Å²) in [5, 5.41) is 7.51. The first-order valence-electron chi connectivity index (χ1n) is 20.8. The number of hydrogen-bond donors (Lipinski definition) is 0. The van der Waals surface area contributed by atoms with Crippen molar-refractivity contribution in [2.24, 2.45) is 0 Å². The predicted molar refractivity (Wildman–Crippen MR) is 249 cm³/mol. The van der Waals surface area contributed by atoms with E-state index in [1.165, 1.54) is 105 Å². The Morgan fingerprint density at radius 1 is 0.339 bits per heavy atom. The molecule has 10 aromatic carbocycles. The molecule has 0 aliphatic heterocycles. The van der Waals surface area contributed by atoms with Crippen molar-refractivity contribution in [2.45, 2.75) is 24.7 Å². The lowest BCUT2D eigenvalue weighted by atomic mass is 9.68. The molecule has 0 spiro atoms. The third-order valence-corrected chi connectivity index (χ3v) is 13.5. The minimum absolute atomic E-state index is 0.209. The highest BCUT2D eigenvalue weighted by molar-refractivity contribution is 6.17. The van der Waals surface area contributed by atoms with E-state index >= 15 is 0 Å². The second-order valence-corrected chi connectivity index (χ2v) is 16.8. The summed E-state index contributed by atoms with van der Waals surface area (Å²) < 4.78 is 0. The fraction of sp³-hybridized carbons (Fsp3) is 0.0690. The Hall–Kier alpha value is -7.22. The lowest BCUT2D eigenvalue weighted by molar-refractivity contribution is 0.666. The Balaban J connectivity index is 1.28. The van der Waals surface area contributed by atoms with Crippen LogP contribution in [0.5, 0.6) is 0 Å². The van der Waals surface area contributed by atoms with E-state index in [0.29, 0.717) is 0 Å². The van der Waals surface area contributed by atoms with Crippen molar-refractivity contribution >= 4 is 49.4 Å². The predicted octanol–water partition coefficient (Wildman–Crippen LogP) is 15.3. The Kier molecular flexibility index (Phi) is 7.26. The molecule has 1 nitrogen and oxygen atoms in total. The van der Waals surface area contributed by atoms with Gasteiger partial charge in [-0.1, -0.05) is 208 Å². The van der Waals surface area contributed by atoms with Gasteiger partial charge in [0, 0.05) is 21.9 Å². The van der Waals surface area contributed by atoms with E-state index in [4.69, 9.17) is 0 Å². The zero-order chi connectivity index (χ0) is 39.3. The molecule has 0 amide bonds. The van der Waals surface area contributed by atoms with Crippen LogP contribution in [0, 0.1) is 0 Å². The van der Waals surface area contributed by atoms with Gasteiger partial charge in [0.2, 0.25) is 0 Å². The number of hydrogen-bond acceptors (Lipinski definition) is 1. The fourth-order valence-corrected chi connectivity index (χ4v) is 11.1. The molecule has 0 saturated heterocycles. The molecule has 0 bridgehead atoms. The summed E-state index contributed by atoms with van der Waals surface area (Å²) in [7, 11) is 0. The van der Waals surface area contributed by atoms with Crippen molar-refractivity contribution in [3.8, 4) is 22.3 Å². The Morgan fingerprint density at radius 3 is 1.53 bits per heavy atom. The van der Waals surface area contributed by atoms with Crippen LogP contribution in [0.15, 0.2) is 212 Å². The van der Waals surface area contributed by atoms with Gasteiger partial charge >= 0.3 is 0 Å². The van der Waals surface area contributed by atoms with Crippen molar-refractivity contribution in [3.05, 3.63) is 246 Å². The van der Waals surface area contributed by atoms with E-state index in [-0.39, 0.29) is 5.41 Å². The van der Waals surface area contributed by atoms with Crippen LogP contribution in [-0.2, 0) is 10.8 Å². The van der Waals surface area contributed by atoms with E-state index in [0.717, 1.165) is 0 Å². The number of nitrogens with zero attached hydrogens (tertiary/aromatic N) is 1. The molecule has 0 saturated carbocycles. The molecular formula is C58H41N. The summed E-state index contributed by atoms with van der Waals surface area (Å²) >= 11 is 0. The zero-order valence-corrected chi connectivity index (χ0v) is 33.2. The summed E-state index contributed by atoms with van der Waals surface area (Å²) in [5.41, 5.74) is 15.8. The Labute approximate surface area is 345 Å². The van der Waals surface area contributed by atoms with Gasteiger partial charge < -0.3 is 4.90 Å². The first-order chi connectivity index (χ1) is 29.1. The lowest BCUT2D eigenvalue weighted by Crippen LogP contribution is -2.28. The molecule has 0 radical (unpaired) electrons. The summed E-state index contributed by atoms with van der Waals surface area (Å²) in [6.45, 7) is 4.82. The number of anilines is 3. The third-order valence-electron chi connectivity index (χ3n) is 13.5. The van der Waals surface area contributed by atoms with Gasteiger partial charge in [0.1, 0.15) is 0 Å². The topological polar surface area (TPSA) is 3.24 Å². The molecule has 0 aromatic heterocycles. The molecule has 12 rings (SSSR count). The average molecular weight is 752 g/mol. The Bertz CT molecular complexity index is 3260. The molecule has 1 heteroatoms. The van der Waals surface area contributed by atoms with Gasteiger partial charge in [-0.2, -0.15) is 0 Å². The van der Waals surface area contributed by atoms with Gasteiger partial charge in [-0.15, -0.1) is 0 Å². The van der Waals surface area contributed by atoms with Crippen LogP contribution in [0.2, 0.25) is 0 Å². The molecule has 0 atom stereocenters. The van der Waals surface area contributed by atoms with Gasteiger partial charge in [-0.3, -0.25) is 0 Å². The maximum atomic E-state index is 2.64. The molecule has 2 aliphatic rings. The number of fused-ring (bicyclic) bond motifs is 11. The second kappa shape index (κ2) is 12.6. The maximum Gasteiger partial charge on any atom is 0.0714 e. The SMILES string of the molecule is CC1(C)c2ccccc2-c2c(N(c3cccc4c3-c3ccccc3C4(c3ccccc3)c3ccccc3)c3cc4ccccc4c4ccccc34)cc3ccccc3c21. The van der Waals surface area contributed by atoms with E-state index in [2.05, 4.69) is 231 Å². The van der Waals surface area contributed by atoms with E-state index < -0.39 is 5.41 Å². The Morgan fingerprint density at radius 2 is 0.831 bits per heavy atom. The summed E-state index contributed by atoms with van der Waals surface area (Å²) in [6, 6.07) is 79.4. The van der Waals surface area contributed by atoms with Crippen LogP contribution in [0.1, 0.15) is 47.2 Å². The monoisotopic (exact) mass is 751 g/mol. The smallest absolute Gasteiger partial charge is 0.0714 e. The molecule has 59 heavy (non-hydrogen) atoms. The van der Waals surface area contributed by atoms with Crippen molar-refractivity contribution in [1.82, 2.24) is 0 Å². The second-order valence-electron chi connectivity index (χ2n) is 16.8. The first kappa shape index (κ1) is 33.9. The molecular weight excluding hydrogens is 711 g/mol. The molecule has 0 fully saturated rings. The largest absolute Gasteiger partial charge is 0.309 e. The van der Waals surface area contributed by atoms with Crippen LogP contribution in [-0.4, -0.2) is 0 Å². The van der Waals surface area contributed by atoms with Crippen LogP contribution in [0.3, 0.4) is 0 Å². The van der Waals surface area contributed by atoms with Crippen molar-refractivity contribution in [2.75, 3.05) is 4.90 Å². The van der Waals surface area contributed by atoms with Crippen molar-refractivity contribution in [1.29, 1.82) is 0 Å². The maximum absolute atomic E-state index is 2.64. The number of benzene rings is 10. The minimum Gasteiger partial charge on any atom is -0.309 e. The van der Waals surface area contributed by atoms with E-state index in [1.807, 2.05) is 0 Å². The quantitative estimate of drug-likeness (QED) is 0.158. The highest BCUT2D eigenvalue weighted by Gasteiger charge is 2.48. The van der Waals surface area contributed by atoms with Crippen LogP contribution in [0.4, 0.5) is 17.1 Å². The summed E-state index contributed by atoms with van der Waals surface area (Å²) in [4.78, 5) is 2.64. The molecule has 0 unspecified atom stereocenters. The van der Waals surface area contributed by atoms with Crippen LogP contribution in [0.25, 0.3) is 54.6 Å². The number of rotatable bonds is 5. The van der Waals surface area contributed by atoms with Gasteiger partial charge in [0.25, 0.3) is 0 Å². The van der Waals surface area contributed by atoms with Gasteiger partial charge in [0.15, 0.2) is 0 Å². The van der Waals surface area contributed by atoms with E-state index in [9.17, 15) is 0 Å². The van der Waals surface area contributed by atoms with Crippen LogP contribution < -0.4 is 4.90 Å². The standard InChI is InChI=1S/C58H41N/c1-57(2)48-32-17-15-30-46(48)55-53(37-39-21-10-12-27-43(39)56(55)57)59(52-36-38-20-9-11-26-42(38)44-28-13-14-29-45(44)52)51-35-19-34-50-54(51)47-31-16-18-33-49(47)58(50,40-22-5-3-6-23-40)41-24-7-4-8-25-41/h3-37H,1-2H3. The normalized spacial score (nSPS) is 14.2.